The first-order chi connectivity index (χ1) is 21.4. The molecule has 0 unspecified atom stereocenters. The number of methoxy groups -OCH3 is 5. The molecule has 2 aromatic rings. The van der Waals surface area contributed by atoms with Gasteiger partial charge in [0.25, 0.3) is 0 Å². The van der Waals surface area contributed by atoms with Crippen molar-refractivity contribution >= 4 is 19.9 Å². The van der Waals surface area contributed by atoms with Crippen LogP contribution in [0.25, 0.3) is 0 Å². The highest BCUT2D eigenvalue weighted by Gasteiger charge is 2.66. The summed E-state index contributed by atoms with van der Waals surface area (Å²) in [6.45, 7) is 13.5. The molecule has 0 amide bonds. The van der Waals surface area contributed by atoms with Gasteiger partial charge in [0.05, 0.1) is 39.3 Å². The largest absolute Gasteiger partial charge is 0.500 e. The van der Waals surface area contributed by atoms with E-state index in [4.69, 9.17) is 28.1 Å². The zero-order chi connectivity index (χ0) is 33.3. The number of carbonyl (C=O) groups excluding carboxylic acids is 2. The fraction of sp³-hybridized carbons (Fsp3) is 0.556. The molecule has 0 aliphatic heterocycles. The lowest BCUT2D eigenvalue weighted by molar-refractivity contribution is -0.290. The van der Waals surface area contributed by atoms with E-state index in [9.17, 15) is 9.59 Å². The van der Waals surface area contributed by atoms with Crippen LogP contribution in [0.4, 0.5) is 0 Å². The van der Waals surface area contributed by atoms with E-state index in [0.717, 1.165) is 5.56 Å². The van der Waals surface area contributed by atoms with Gasteiger partial charge in [0.1, 0.15) is 11.3 Å². The maximum Gasteiger partial charge on any atom is 0.200 e. The summed E-state index contributed by atoms with van der Waals surface area (Å²) in [5, 5.41) is 0. The molecular weight excluding hydrogens is 588 g/mol. The molecule has 0 spiro atoms. The molecule has 2 aromatic carbocycles. The molecule has 0 aromatic heterocycles. The average molecular weight is 639 g/mol. The van der Waals surface area contributed by atoms with Crippen molar-refractivity contribution in [2.45, 2.75) is 82.4 Å². The summed E-state index contributed by atoms with van der Waals surface area (Å²) in [4.78, 5) is 28.7. The quantitative estimate of drug-likeness (QED) is 0.0975. The molecule has 45 heavy (non-hydrogen) atoms. The van der Waals surface area contributed by atoms with Crippen LogP contribution in [0.5, 0.6) is 11.5 Å². The highest BCUT2D eigenvalue weighted by atomic mass is 28.4. The van der Waals surface area contributed by atoms with Gasteiger partial charge in [-0.25, -0.2) is 0 Å². The van der Waals surface area contributed by atoms with Gasteiger partial charge in [-0.1, -0.05) is 77.9 Å². The van der Waals surface area contributed by atoms with Crippen LogP contribution in [0.3, 0.4) is 0 Å². The SMILES string of the molecule is COC1=C(C(=O)c2ccccc2)C(=O)[C@@H]2C[C@H](O[Si](C(C)C)(C(C)C)C(C)C)[C@@H](c3ccc(OC)c(OC)c3)[C@H]1C2(OC)OC. The van der Waals surface area contributed by atoms with Crippen LogP contribution in [-0.4, -0.2) is 67.3 Å². The Kier molecular flexibility index (Phi) is 10.7. The fourth-order valence-electron chi connectivity index (χ4n) is 8.38. The minimum absolute atomic E-state index is 0.0347. The molecular formula is C36H50O8Si. The second kappa shape index (κ2) is 13.8. The van der Waals surface area contributed by atoms with Gasteiger partial charge < -0.3 is 28.1 Å². The third kappa shape index (κ3) is 5.66. The van der Waals surface area contributed by atoms with Gasteiger partial charge in [-0.15, -0.1) is 0 Å². The number of hydrogen-bond acceptors (Lipinski definition) is 8. The molecule has 0 saturated heterocycles. The van der Waals surface area contributed by atoms with Crippen LogP contribution < -0.4 is 9.47 Å². The number of fused-ring (bicyclic) bond motifs is 2. The predicted molar refractivity (Wildman–Crippen MR) is 176 cm³/mol. The molecule has 0 heterocycles. The standard InChI is InChI=1S/C36H50O8Si/c1-21(2)45(22(3)4,23(5)6)44-29-20-26-34(38)31(33(37)24-15-13-12-14-16-24)35(41-9)32(36(26,42-10)43-11)30(29)25-17-18-27(39-7)28(19-25)40-8/h12-19,21-23,26,29-30,32H,20H2,1-11H3/t26-,29-,30+,32+/m0/s1. The normalized spacial score (nSPS) is 23.1. The van der Waals surface area contributed by atoms with Crippen LogP contribution in [0.15, 0.2) is 59.9 Å². The van der Waals surface area contributed by atoms with Crippen molar-refractivity contribution in [1.29, 1.82) is 0 Å². The first kappa shape index (κ1) is 34.9. The lowest BCUT2D eigenvalue weighted by atomic mass is 9.58. The van der Waals surface area contributed by atoms with Gasteiger partial charge in [0.15, 0.2) is 28.9 Å². The van der Waals surface area contributed by atoms with Crippen molar-refractivity contribution < 1.29 is 37.7 Å². The first-order valence-corrected chi connectivity index (χ1v) is 18.0. The van der Waals surface area contributed by atoms with E-state index in [1.165, 1.54) is 7.11 Å². The maximum absolute atomic E-state index is 14.6. The molecule has 9 heteroatoms. The van der Waals surface area contributed by atoms with Gasteiger partial charge >= 0.3 is 0 Å². The number of benzene rings is 2. The summed E-state index contributed by atoms with van der Waals surface area (Å²) in [6, 6.07) is 14.6. The van der Waals surface area contributed by atoms with Crippen LogP contribution in [0, 0.1) is 11.8 Å². The van der Waals surface area contributed by atoms with Gasteiger partial charge in [0, 0.05) is 25.7 Å². The first-order valence-electron chi connectivity index (χ1n) is 15.8. The molecule has 246 valence electrons. The Labute approximate surface area is 269 Å². The summed E-state index contributed by atoms with van der Waals surface area (Å²) in [7, 11) is 5.35. The van der Waals surface area contributed by atoms with E-state index in [1.54, 1.807) is 52.7 Å². The third-order valence-corrected chi connectivity index (χ3v) is 16.3. The molecule has 0 radical (unpaired) electrons. The monoisotopic (exact) mass is 638 g/mol. The molecule has 4 rings (SSSR count). The number of ketones is 2. The third-order valence-electron chi connectivity index (χ3n) is 10.2. The molecule has 2 bridgehead atoms. The minimum atomic E-state index is -2.46. The van der Waals surface area contributed by atoms with Gasteiger partial charge in [-0.3, -0.25) is 9.59 Å². The second-order valence-electron chi connectivity index (χ2n) is 13.0. The summed E-state index contributed by atoms with van der Waals surface area (Å²) >= 11 is 0. The second-order valence-corrected chi connectivity index (χ2v) is 18.4. The molecule has 2 aliphatic carbocycles. The Bertz CT molecular complexity index is 1370. The van der Waals surface area contributed by atoms with Crippen molar-refractivity contribution in [3.05, 3.63) is 71.0 Å². The Morgan fingerprint density at radius 3 is 1.87 bits per heavy atom. The number of rotatable bonds is 13. The van der Waals surface area contributed by atoms with Crippen molar-refractivity contribution in [3.63, 3.8) is 0 Å². The summed E-state index contributed by atoms with van der Waals surface area (Å²) in [5.41, 5.74) is 2.26. The number of ether oxygens (including phenoxy) is 5. The zero-order valence-corrected chi connectivity index (χ0v) is 29.6. The highest BCUT2D eigenvalue weighted by molar-refractivity contribution is 6.77. The molecule has 1 fully saturated rings. The molecule has 8 nitrogen and oxygen atoms in total. The van der Waals surface area contributed by atoms with Crippen LogP contribution in [0.1, 0.15) is 69.8 Å². The molecule has 4 atom stereocenters. The average Bonchev–Trinajstić information content (AvgIpc) is 3.03. The highest BCUT2D eigenvalue weighted by Crippen LogP contribution is 2.59. The van der Waals surface area contributed by atoms with E-state index in [0.29, 0.717) is 40.1 Å². The smallest absolute Gasteiger partial charge is 0.200 e. The van der Waals surface area contributed by atoms with E-state index < -0.39 is 38.0 Å². The van der Waals surface area contributed by atoms with Crippen LogP contribution >= 0.6 is 0 Å². The Hall–Kier alpha value is -2.98. The number of carbonyl (C=O) groups is 2. The minimum Gasteiger partial charge on any atom is -0.500 e. The Balaban J connectivity index is 2.07. The molecule has 1 saturated carbocycles. The molecule has 2 aliphatic rings. The number of allylic oxidation sites excluding steroid dienone is 1. The number of hydrogen-bond donors (Lipinski definition) is 0. The van der Waals surface area contributed by atoms with Crippen molar-refractivity contribution in [3.8, 4) is 11.5 Å². The summed E-state index contributed by atoms with van der Waals surface area (Å²) < 4.78 is 37.4. The maximum atomic E-state index is 14.6. The zero-order valence-electron chi connectivity index (χ0n) is 28.6. The number of Topliss-reactive ketones (excluding diaryl/α,β-unsaturated/α-hetero) is 2. The Morgan fingerprint density at radius 2 is 1.38 bits per heavy atom. The lowest BCUT2D eigenvalue weighted by Gasteiger charge is -2.57. The van der Waals surface area contributed by atoms with E-state index in [-0.39, 0.29) is 22.9 Å². The predicted octanol–water partition coefficient (Wildman–Crippen LogP) is 7.34. The van der Waals surface area contributed by atoms with Gasteiger partial charge in [0.2, 0.25) is 8.32 Å². The summed E-state index contributed by atoms with van der Waals surface area (Å²) in [6.07, 6.45) is -0.0997. The van der Waals surface area contributed by atoms with Crippen LogP contribution in [-0.2, 0) is 23.4 Å². The lowest BCUT2D eigenvalue weighted by Crippen LogP contribution is -2.65. The Morgan fingerprint density at radius 1 is 0.800 bits per heavy atom. The summed E-state index contributed by atoms with van der Waals surface area (Å²) in [5.74, 6) is -2.67. The fourth-order valence-corrected chi connectivity index (χ4v) is 14.0. The van der Waals surface area contributed by atoms with Crippen molar-refractivity contribution in [1.82, 2.24) is 0 Å². The molecule has 0 N–H and O–H groups in total. The van der Waals surface area contributed by atoms with Gasteiger partial charge in [-0.2, -0.15) is 0 Å². The van der Waals surface area contributed by atoms with E-state index in [1.807, 2.05) is 24.3 Å². The topological polar surface area (TPSA) is 89.5 Å². The van der Waals surface area contributed by atoms with E-state index in [2.05, 4.69) is 41.5 Å². The van der Waals surface area contributed by atoms with E-state index >= 15 is 0 Å². The van der Waals surface area contributed by atoms with Crippen molar-refractivity contribution in [2.75, 3.05) is 35.5 Å². The van der Waals surface area contributed by atoms with Crippen LogP contribution in [0.2, 0.25) is 16.6 Å². The van der Waals surface area contributed by atoms with Gasteiger partial charge in [-0.05, 0) is 40.7 Å². The van der Waals surface area contributed by atoms with Crippen molar-refractivity contribution in [2.24, 2.45) is 11.8 Å².